The van der Waals surface area contributed by atoms with Gasteiger partial charge in [0, 0.05) is 34.8 Å². The van der Waals surface area contributed by atoms with Gasteiger partial charge in [0.15, 0.2) is 0 Å². The highest BCUT2D eigenvalue weighted by atomic mass is 19.4. The van der Waals surface area contributed by atoms with Crippen LogP contribution in [0.2, 0.25) is 0 Å². The van der Waals surface area contributed by atoms with Crippen LogP contribution in [-0.2, 0) is 11.3 Å². The van der Waals surface area contributed by atoms with Gasteiger partial charge < -0.3 is 19.4 Å². The van der Waals surface area contributed by atoms with Crippen LogP contribution in [0.25, 0.3) is 22.2 Å². The number of carbonyl (C=O) groups excluding carboxylic acids is 1. The van der Waals surface area contributed by atoms with Crippen molar-refractivity contribution >= 4 is 22.6 Å². The summed E-state index contributed by atoms with van der Waals surface area (Å²) >= 11 is 0. The zero-order chi connectivity index (χ0) is 23.9. The highest BCUT2D eigenvalue weighted by molar-refractivity contribution is 6.08. The molecule has 8 nitrogen and oxygen atoms in total. The second-order valence-electron chi connectivity index (χ2n) is 7.81. The molecule has 1 atom stereocenters. The molecule has 1 aliphatic rings. The molecule has 5 rings (SSSR count). The van der Waals surface area contributed by atoms with Crippen LogP contribution in [0.5, 0.6) is 5.75 Å². The monoisotopic (exact) mass is 469 g/mol. The van der Waals surface area contributed by atoms with E-state index in [4.69, 9.17) is 4.74 Å². The number of hydrogen-bond acceptors (Lipinski definition) is 6. The first-order chi connectivity index (χ1) is 16.3. The number of amides is 1. The van der Waals surface area contributed by atoms with Crippen molar-refractivity contribution in [3.8, 4) is 16.9 Å². The molecule has 2 aromatic heterocycles. The van der Waals surface area contributed by atoms with E-state index in [0.717, 1.165) is 34.6 Å². The summed E-state index contributed by atoms with van der Waals surface area (Å²) in [6.45, 7) is 2.93. The highest BCUT2D eigenvalue weighted by Gasteiger charge is 2.31. The molecule has 0 radical (unpaired) electrons. The number of fused-ring (bicyclic) bond motifs is 3. The number of imidazole rings is 1. The van der Waals surface area contributed by atoms with Crippen LogP contribution in [0.1, 0.15) is 29.1 Å². The van der Waals surface area contributed by atoms with E-state index in [1.165, 1.54) is 18.5 Å². The zero-order valence-electron chi connectivity index (χ0n) is 17.8. The van der Waals surface area contributed by atoms with Gasteiger partial charge >= 0.3 is 6.36 Å². The molecule has 3 heterocycles. The predicted molar refractivity (Wildman–Crippen MR) is 116 cm³/mol. The van der Waals surface area contributed by atoms with Gasteiger partial charge in [0.05, 0.1) is 23.7 Å². The number of anilines is 1. The topological polar surface area (TPSA) is 91.2 Å². The van der Waals surface area contributed by atoms with Gasteiger partial charge in [-0.2, -0.15) is 0 Å². The van der Waals surface area contributed by atoms with Crippen molar-refractivity contribution in [2.24, 2.45) is 0 Å². The summed E-state index contributed by atoms with van der Waals surface area (Å²) in [5.74, 6) is -0.0670. The zero-order valence-corrected chi connectivity index (χ0v) is 17.8. The Morgan fingerprint density at radius 1 is 1.18 bits per heavy atom. The summed E-state index contributed by atoms with van der Waals surface area (Å²) in [7, 11) is 0. The largest absolute Gasteiger partial charge is 0.573 e. The van der Waals surface area contributed by atoms with Gasteiger partial charge in [0.1, 0.15) is 24.5 Å². The number of hydrogen-bond donors (Lipinski definition) is 1. The van der Waals surface area contributed by atoms with Crippen molar-refractivity contribution in [2.75, 3.05) is 11.9 Å². The number of alkyl halides is 3. The molecule has 1 amide bonds. The normalized spacial score (nSPS) is 15.7. The van der Waals surface area contributed by atoms with E-state index >= 15 is 0 Å². The summed E-state index contributed by atoms with van der Waals surface area (Å²) in [6, 6.07) is 8.38. The third kappa shape index (κ3) is 4.29. The average Bonchev–Trinajstić information content (AvgIpc) is 3.19. The van der Waals surface area contributed by atoms with E-state index in [9.17, 15) is 18.0 Å². The molecule has 0 bridgehead atoms. The van der Waals surface area contributed by atoms with Gasteiger partial charge in [-0.05, 0) is 43.3 Å². The lowest BCUT2D eigenvalue weighted by atomic mass is 10.0. The first kappa shape index (κ1) is 21.8. The smallest absolute Gasteiger partial charge is 0.406 e. The quantitative estimate of drug-likeness (QED) is 0.465. The maximum atomic E-state index is 13.0. The van der Waals surface area contributed by atoms with Gasteiger partial charge in [0.25, 0.3) is 5.91 Å². The molecule has 2 aromatic carbocycles. The number of halogens is 3. The van der Waals surface area contributed by atoms with Gasteiger partial charge in [-0.1, -0.05) is 0 Å². The van der Waals surface area contributed by atoms with Crippen LogP contribution < -0.4 is 10.1 Å². The van der Waals surface area contributed by atoms with Gasteiger partial charge in [-0.15, -0.1) is 13.2 Å². The first-order valence-corrected chi connectivity index (χ1v) is 10.3. The molecule has 174 valence electrons. The molecule has 0 aliphatic carbocycles. The number of nitrogens with one attached hydrogen (secondary N) is 1. The van der Waals surface area contributed by atoms with E-state index in [1.807, 2.05) is 6.92 Å². The standard InChI is InChI=1S/C23H18F3N5O3/c1-13-10-33-11-20-30-19-7-14(6-18(21(19)31(13)20)15-8-27-12-28-9-15)22(32)29-16-2-4-17(5-3-16)34-23(24,25)26/h2-9,12-13H,10-11H2,1H3,(H,29,32)/t13-/m0/s1. The van der Waals surface area contributed by atoms with Crippen molar-refractivity contribution < 1.29 is 27.4 Å². The number of carbonyl (C=O) groups is 1. The van der Waals surface area contributed by atoms with Crippen molar-refractivity contribution in [1.29, 1.82) is 0 Å². The average molecular weight is 469 g/mol. The predicted octanol–water partition coefficient (Wildman–Crippen LogP) is 4.74. The molecule has 0 saturated carbocycles. The lowest BCUT2D eigenvalue weighted by Gasteiger charge is -2.23. The third-order valence-corrected chi connectivity index (χ3v) is 5.37. The Balaban J connectivity index is 1.52. The first-order valence-electron chi connectivity index (χ1n) is 10.3. The third-order valence-electron chi connectivity index (χ3n) is 5.37. The molecule has 11 heteroatoms. The summed E-state index contributed by atoms with van der Waals surface area (Å²) < 4.78 is 48.7. The van der Waals surface area contributed by atoms with E-state index in [-0.39, 0.29) is 11.8 Å². The molecule has 0 unspecified atom stereocenters. The minimum absolute atomic E-state index is 0.0502. The van der Waals surface area contributed by atoms with Crippen LogP contribution in [0, 0.1) is 0 Å². The molecule has 1 aliphatic heterocycles. The maximum absolute atomic E-state index is 13.0. The molecular weight excluding hydrogens is 451 g/mol. The van der Waals surface area contributed by atoms with Crippen molar-refractivity contribution in [3.05, 3.63) is 66.5 Å². The second kappa shape index (κ2) is 8.41. The molecule has 0 spiro atoms. The van der Waals surface area contributed by atoms with Crippen LogP contribution >= 0.6 is 0 Å². The Bertz CT molecular complexity index is 1350. The summed E-state index contributed by atoms with van der Waals surface area (Å²) in [4.78, 5) is 25.9. The van der Waals surface area contributed by atoms with Gasteiger partial charge in [0.2, 0.25) is 0 Å². The lowest BCUT2D eigenvalue weighted by molar-refractivity contribution is -0.274. The maximum Gasteiger partial charge on any atom is 0.573 e. The van der Waals surface area contributed by atoms with E-state index in [0.29, 0.717) is 30.0 Å². The fraction of sp³-hybridized carbons (Fsp3) is 0.217. The Hall–Kier alpha value is -3.99. The number of nitrogens with zero attached hydrogens (tertiary/aromatic N) is 4. The minimum atomic E-state index is -4.79. The highest BCUT2D eigenvalue weighted by Crippen LogP contribution is 2.34. The number of ether oxygens (including phenoxy) is 2. The Labute approximate surface area is 191 Å². The van der Waals surface area contributed by atoms with Crippen LogP contribution in [0.15, 0.2) is 55.1 Å². The molecule has 34 heavy (non-hydrogen) atoms. The van der Waals surface area contributed by atoms with Crippen LogP contribution in [-0.4, -0.2) is 38.4 Å². The van der Waals surface area contributed by atoms with E-state index in [2.05, 4.69) is 29.6 Å². The number of aromatic nitrogens is 4. The molecule has 0 saturated heterocycles. The fourth-order valence-electron chi connectivity index (χ4n) is 3.98. The summed E-state index contributed by atoms with van der Waals surface area (Å²) in [5, 5.41) is 2.70. The van der Waals surface area contributed by atoms with E-state index < -0.39 is 12.3 Å². The summed E-state index contributed by atoms with van der Waals surface area (Å²) in [5.41, 5.74) is 3.57. The van der Waals surface area contributed by atoms with Gasteiger partial charge in [-0.3, -0.25) is 4.79 Å². The molecule has 0 fully saturated rings. The minimum Gasteiger partial charge on any atom is -0.406 e. The van der Waals surface area contributed by atoms with Crippen LogP contribution in [0.4, 0.5) is 18.9 Å². The van der Waals surface area contributed by atoms with Crippen LogP contribution in [0.3, 0.4) is 0 Å². The number of rotatable bonds is 4. The Morgan fingerprint density at radius 3 is 2.62 bits per heavy atom. The van der Waals surface area contributed by atoms with E-state index in [1.54, 1.807) is 24.5 Å². The molecule has 1 N–H and O–H groups in total. The van der Waals surface area contributed by atoms with Crippen molar-refractivity contribution in [2.45, 2.75) is 25.9 Å². The SMILES string of the molecule is C[C@H]1COCc2nc3cc(C(=O)Nc4ccc(OC(F)(F)F)cc4)cc(-c4cncnc4)c3n21. The Kier molecular flexibility index (Phi) is 5.40. The summed E-state index contributed by atoms with van der Waals surface area (Å²) in [6.07, 6.45) is -0.0464. The van der Waals surface area contributed by atoms with Gasteiger partial charge in [-0.25, -0.2) is 15.0 Å². The number of benzene rings is 2. The fourth-order valence-corrected chi connectivity index (χ4v) is 3.98. The van der Waals surface area contributed by atoms with Crippen molar-refractivity contribution in [1.82, 2.24) is 19.5 Å². The Morgan fingerprint density at radius 2 is 1.91 bits per heavy atom. The van der Waals surface area contributed by atoms with Crippen molar-refractivity contribution in [3.63, 3.8) is 0 Å². The lowest BCUT2D eigenvalue weighted by Crippen LogP contribution is -2.21. The molecule has 4 aromatic rings. The molecular formula is C23H18F3N5O3. The second-order valence-corrected chi connectivity index (χ2v) is 7.81.